The van der Waals surface area contributed by atoms with Crippen LogP contribution in [-0.4, -0.2) is 11.6 Å². The van der Waals surface area contributed by atoms with E-state index in [1.165, 1.54) is 0 Å². The van der Waals surface area contributed by atoms with Gasteiger partial charge in [0.05, 0.1) is 0 Å². The van der Waals surface area contributed by atoms with Gasteiger partial charge in [0.2, 0.25) is 0 Å². The third-order valence-electron chi connectivity index (χ3n) is 2.81. The fraction of sp³-hybridized carbons (Fsp3) is 0.700. The molecule has 0 bridgehead atoms. The Hall–Kier alpha value is -0.790. The Morgan fingerprint density at radius 3 is 2.33 bits per heavy atom. The standard InChI is InChI=1S/C10H14O2/c11-9-5-8-10(12-9)6-3-1-2-4-7-10/h1-2H,3-8H2. The smallest absolute Gasteiger partial charge is 0.306 e. The summed E-state index contributed by atoms with van der Waals surface area (Å²) >= 11 is 0. The van der Waals surface area contributed by atoms with Crippen molar-refractivity contribution in [1.82, 2.24) is 0 Å². The molecule has 2 nitrogen and oxygen atoms in total. The second kappa shape index (κ2) is 2.92. The summed E-state index contributed by atoms with van der Waals surface area (Å²) in [6.07, 6.45) is 10.1. The van der Waals surface area contributed by atoms with Gasteiger partial charge in [-0.05, 0) is 32.1 Å². The first-order valence-electron chi connectivity index (χ1n) is 4.68. The van der Waals surface area contributed by atoms with Gasteiger partial charge in [-0.3, -0.25) is 4.79 Å². The molecule has 1 spiro atoms. The first-order chi connectivity index (χ1) is 5.81. The third kappa shape index (κ3) is 1.38. The van der Waals surface area contributed by atoms with Crippen molar-refractivity contribution in [2.24, 2.45) is 0 Å². The fourth-order valence-corrected chi connectivity index (χ4v) is 2.08. The molecule has 0 amide bonds. The van der Waals surface area contributed by atoms with Gasteiger partial charge in [-0.15, -0.1) is 0 Å². The predicted molar refractivity (Wildman–Crippen MR) is 45.7 cm³/mol. The summed E-state index contributed by atoms with van der Waals surface area (Å²) in [7, 11) is 0. The van der Waals surface area contributed by atoms with E-state index in [0.29, 0.717) is 6.42 Å². The van der Waals surface area contributed by atoms with E-state index in [4.69, 9.17) is 4.74 Å². The molecular weight excluding hydrogens is 152 g/mol. The van der Waals surface area contributed by atoms with E-state index in [1.807, 2.05) is 0 Å². The highest BCUT2D eigenvalue weighted by molar-refractivity contribution is 5.72. The van der Waals surface area contributed by atoms with Gasteiger partial charge in [0, 0.05) is 6.42 Å². The quantitative estimate of drug-likeness (QED) is 0.407. The van der Waals surface area contributed by atoms with Gasteiger partial charge < -0.3 is 4.74 Å². The second-order valence-electron chi connectivity index (χ2n) is 3.71. The molecule has 0 aromatic heterocycles. The van der Waals surface area contributed by atoms with Crippen LogP contribution in [0, 0.1) is 0 Å². The van der Waals surface area contributed by atoms with Crippen LogP contribution in [-0.2, 0) is 9.53 Å². The van der Waals surface area contributed by atoms with Crippen LogP contribution >= 0.6 is 0 Å². The molecule has 0 saturated carbocycles. The summed E-state index contributed by atoms with van der Waals surface area (Å²) in [4.78, 5) is 11.0. The van der Waals surface area contributed by atoms with E-state index < -0.39 is 0 Å². The van der Waals surface area contributed by atoms with Crippen molar-refractivity contribution in [3.8, 4) is 0 Å². The number of rotatable bonds is 0. The molecule has 1 fully saturated rings. The average molecular weight is 166 g/mol. The van der Waals surface area contributed by atoms with E-state index in [-0.39, 0.29) is 11.6 Å². The molecule has 2 heteroatoms. The molecule has 1 aliphatic carbocycles. The summed E-state index contributed by atoms with van der Waals surface area (Å²) in [5.74, 6) is -0.00287. The number of carbonyl (C=O) groups excluding carboxylic acids is 1. The maximum Gasteiger partial charge on any atom is 0.306 e. The van der Waals surface area contributed by atoms with E-state index in [9.17, 15) is 4.79 Å². The Morgan fingerprint density at radius 1 is 1.17 bits per heavy atom. The molecule has 1 aliphatic heterocycles. The Morgan fingerprint density at radius 2 is 1.83 bits per heavy atom. The van der Waals surface area contributed by atoms with E-state index in [2.05, 4.69) is 12.2 Å². The van der Waals surface area contributed by atoms with E-state index in [1.54, 1.807) is 0 Å². The first kappa shape index (κ1) is 7.84. The van der Waals surface area contributed by atoms with Crippen molar-refractivity contribution in [2.45, 2.75) is 44.1 Å². The molecule has 66 valence electrons. The molecule has 12 heavy (non-hydrogen) atoms. The largest absolute Gasteiger partial charge is 0.459 e. The van der Waals surface area contributed by atoms with Gasteiger partial charge in [-0.25, -0.2) is 0 Å². The van der Waals surface area contributed by atoms with Crippen LogP contribution in [0.4, 0.5) is 0 Å². The second-order valence-corrected chi connectivity index (χ2v) is 3.71. The summed E-state index contributed by atoms with van der Waals surface area (Å²) in [6, 6.07) is 0. The van der Waals surface area contributed by atoms with Crippen molar-refractivity contribution in [2.75, 3.05) is 0 Å². The Bertz CT molecular complexity index is 208. The highest BCUT2D eigenvalue weighted by Gasteiger charge is 2.39. The van der Waals surface area contributed by atoms with Gasteiger partial charge in [-0.1, -0.05) is 12.2 Å². The number of hydrogen-bond acceptors (Lipinski definition) is 2. The van der Waals surface area contributed by atoms with Gasteiger partial charge in [-0.2, -0.15) is 0 Å². The number of esters is 1. The molecule has 0 aromatic rings. The topological polar surface area (TPSA) is 26.3 Å². The summed E-state index contributed by atoms with van der Waals surface area (Å²) in [5, 5.41) is 0. The molecule has 1 heterocycles. The number of carbonyl (C=O) groups is 1. The van der Waals surface area contributed by atoms with E-state index in [0.717, 1.165) is 32.1 Å². The van der Waals surface area contributed by atoms with Gasteiger partial charge in [0.1, 0.15) is 5.60 Å². The van der Waals surface area contributed by atoms with Gasteiger partial charge in [0.15, 0.2) is 0 Å². The van der Waals surface area contributed by atoms with Crippen molar-refractivity contribution in [3.05, 3.63) is 12.2 Å². The molecule has 0 radical (unpaired) electrons. The number of allylic oxidation sites excluding steroid dienone is 2. The highest BCUT2D eigenvalue weighted by atomic mass is 16.6. The summed E-state index contributed by atoms with van der Waals surface area (Å²) in [5.41, 5.74) is -0.0828. The lowest BCUT2D eigenvalue weighted by Crippen LogP contribution is -2.27. The Kier molecular flexibility index (Phi) is 1.91. The predicted octanol–water partition coefficient (Wildman–Crippen LogP) is 2.19. The Balaban J connectivity index is 2.06. The monoisotopic (exact) mass is 166 g/mol. The van der Waals surface area contributed by atoms with Crippen LogP contribution in [0.1, 0.15) is 38.5 Å². The number of hydrogen-bond donors (Lipinski definition) is 0. The minimum atomic E-state index is -0.0828. The van der Waals surface area contributed by atoms with Crippen LogP contribution in [0.3, 0.4) is 0 Å². The minimum absolute atomic E-state index is 0.00287. The first-order valence-corrected chi connectivity index (χ1v) is 4.68. The molecule has 0 aromatic carbocycles. The SMILES string of the molecule is O=C1CCC2(CCC=CCC2)O1. The van der Waals surface area contributed by atoms with Crippen molar-refractivity contribution < 1.29 is 9.53 Å². The highest BCUT2D eigenvalue weighted by Crippen LogP contribution is 2.36. The van der Waals surface area contributed by atoms with Crippen molar-refractivity contribution >= 4 is 5.97 Å². The normalized spacial score (nSPS) is 27.2. The molecule has 1 saturated heterocycles. The van der Waals surface area contributed by atoms with Crippen molar-refractivity contribution in [1.29, 1.82) is 0 Å². The Labute approximate surface area is 72.6 Å². The lowest BCUT2D eigenvalue weighted by molar-refractivity contribution is -0.149. The third-order valence-corrected chi connectivity index (χ3v) is 2.81. The average Bonchev–Trinajstić information content (AvgIpc) is 2.30. The van der Waals surface area contributed by atoms with Crippen LogP contribution in [0.2, 0.25) is 0 Å². The zero-order chi connectivity index (χ0) is 8.44. The molecule has 0 unspecified atom stereocenters. The molecule has 2 aliphatic rings. The maximum atomic E-state index is 11.0. The summed E-state index contributed by atoms with van der Waals surface area (Å²) < 4.78 is 5.39. The lowest BCUT2D eigenvalue weighted by Gasteiger charge is -2.25. The van der Waals surface area contributed by atoms with Crippen molar-refractivity contribution in [3.63, 3.8) is 0 Å². The minimum Gasteiger partial charge on any atom is -0.459 e. The van der Waals surface area contributed by atoms with Crippen LogP contribution in [0.15, 0.2) is 12.2 Å². The molecule has 2 rings (SSSR count). The van der Waals surface area contributed by atoms with Gasteiger partial charge in [0.25, 0.3) is 0 Å². The molecule has 0 N–H and O–H groups in total. The van der Waals surface area contributed by atoms with E-state index >= 15 is 0 Å². The zero-order valence-electron chi connectivity index (χ0n) is 7.21. The summed E-state index contributed by atoms with van der Waals surface area (Å²) in [6.45, 7) is 0. The zero-order valence-corrected chi connectivity index (χ0v) is 7.21. The maximum absolute atomic E-state index is 11.0. The van der Waals surface area contributed by atoms with Crippen LogP contribution in [0.25, 0.3) is 0 Å². The van der Waals surface area contributed by atoms with Crippen LogP contribution < -0.4 is 0 Å². The van der Waals surface area contributed by atoms with Gasteiger partial charge >= 0.3 is 5.97 Å². The molecule has 0 atom stereocenters. The fourth-order valence-electron chi connectivity index (χ4n) is 2.08. The molecular formula is C10H14O2. The van der Waals surface area contributed by atoms with Crippen LogP contribution in [0.5, 0.6) is 0 Å². The number of ether oxygens (including phenoxy) is 1. The lowest BCUT2D eigenvalue weighted by atomic mass is 9.91.